The Balaban J connectivity index is 2.02. The van der Waals surface area contributed by atoms with Crippen molar-refractivity contribution in [3.05, 3.63) is 43.4 Å². The fourth-order valence-corrected chi connectivity index (χ4v) is 3.25. The van der Waals surface area contributed by atoms with Crippen LogP contribution in [0.4, 0.5) is 0 Å². The second-order valence-corrected chi connectivity index (χ2v) is 6.01. The first kappa shape index (κ1) is 12.4. The average Bonchev–Trinajstić information content (AvgIpc) is 3.02. The number of thiophene rings is 1. The van der Waals surface area contributed by atoms with Crippen LogP contribution in [0.1, 0.15) is 15.6 Å². The highest BCUT2D eigenvalue weighted by Crippen LogP contribution is 2.13. The molecule has 0 saturated heterocycles. The van der Waals surface area contributed by atoms with E-state index in [1.54, 1.807) is 11.3 Å². The molecule has 0 fully saturated rings. The van der Waals surface area contributed by atoms with Crippen LogP contribution in [0.2, 0.25) is 0 Å². The molecule has 2 N–H and O–H groups in total. The van der Waals surface area contributed by atoms with Gasteiger partial charge in [-0.2, -0.15) is 9.61 Å². The Kier molecular flexibility index (Phi) is 3.36. The first-order valence-corrected chi connectivity index (χ1v) is 7.44. The predicted molar refractivity (Wildman–Crippen MR) is 74.8 cm³/mol. The lowest BCUT2D eigenvalue weighted by molar-refractivity contribution is 0.786. The summed E-state index contributed by atoms with van der Waals surface area (Å²) >= 11 is 2.95. The zero-order chi connectivity index (χ0) is 13.2. The molecule has 19 heavy (non-hydrogen) atoms. The van der Waals surface area contributed by atoms with E-state index in [0.717, 1.165) is 9.88 Å². The van der Waals surface area contributed by atoms with Crippen LogP contribution in [0.25, 0.3) is 4.96 Å². The Morgan fingerprint density at radius 1 is 1.37 bits per heavy atom. The topological polar surface area (TPSA) is 86.2 Å². The molecular formula is C11H11N5OS2. The molecule has 0 saturated carbocycles. The molecule has 0 radical (unpaired) electrons. The van der Waals surface area contributed by atoms with E-state index in [9.17, 15) is 4.79 Å². The molecule has 8 heteroatoms. The van der Waals surface area contributed by atoms with Crippen LogP contribution in [-0.4, -0.2) is 26.4 Å². The molecule has 0 spiro atoms. The van der Waals surface area contributed by atoms with Crippen LogP contribution < -0.4 is 11.3 Å². The van der Waals surface area contributed by atoms with E-state index in [0.29, 0.717) is 30.0 Å². The van der Waals surface area contributed by atoms with Gasteiger partial charge in [-0.1, -0.05) is 17.4 Å². The fourth-order valence-electron chi connectivity index (χ4n) is 1.70. The van der Waals surface area contributed by atoms with E-state index in [-0.39, 0.29) is 5.56 Å². The van der Waals surface area contributed by atoms with Gasteiger partial charge >= 0.3 is 0 Å². The summed E-state index contributed by atoms with van der Waals surface area (Å²) in [6.45, 7) is 0.504. The summed E-state index contributed by atoms with van der Waals surface area (Å²) in [6.07, 6.45) is 1.14. The number of nitrogens with two attached hydrogens (primary N) is 1. The standard InChI is InChI=1S/C11H11N5OS2/c12-4-3-9-15-16-10(17)8(13-14-11(16)19-9)6-7-2-1-5-18-7/h1-2,5H,3-4,6,12H2. The highest BCUT2D eigenvalue weighted by molar-refractivity contribution is 7.16. The van der Waals surface area contributed by atoms with E-state index in [1.165, 1.54) is 15.9 Å². The highest BCUT2D eigenvalue weighted by Gasteiger charge is 2.12. The number of hydrogen-bond acceptors (Lipinski definition) is 7. The molecule has 0 aromatic carbocycles. The Morgan fingerprint density at radius 3 is 3.00 bits per heavy atom. The summed E-state index contributed by atoms with van der Waals surface area (Å²) in [7, 11) is 0. The third-order valence-electron chi connectivity index (χ3n) is 2.58. The van der Waals surface area contributed by atoms with E-state index in [1.807, 2.05) is 17.5 Å². The van der Waals surface area contributed by atoms with Crippen LogP contribution in [0.15, 0.2) is 22.3 Å². The Morgan fingerprint density at radius 2 is 2.26 bits per heavy atom. The normalized spacial score (nSPS) is 11.2. The first-order valence-electron chi connectivity index (χ1n) is 5.74. The van der Waals surface area contributed by atoms with Crippen molar-refractivity contribution in [1.29, 1.82) is 0 Å². The van der Waals surface area contributed by atoms with Gasteiger partial charge in [0.25, 0.3) is 5.56 Å². The molecule has 0 atom stereocenters. The molecule has 98 valence electrons. The lowest BCUT2D eigenvalue weighted by atomic mass is 10.3. The summed E-state index contributed by atoms with van der Waals surface area (Å²) in [6, 6.07) is 3.92. The molecule has 3 aromatic rings. The van der Waals surface area contributed by atoms with Gasteiger partial charge in [0.05, 0.1) is 0 Å². The van der Waals surface area contributed by atoms with Gasteiger partial charge in [0.1, 0.15) is 10.7 Å². The molecule has 0 unspecified atom stereocenters. The lowest BCUT2D eigenvalue weighted by Crippen LogP contribution is -2.22. The summed E-state index contributed by atoms with van der Waals surface area (Å²) in [4.78, 5) is 13.9. The molecule has 0 aliphatic carbocycles. The molecule has 0 aliphatic rings. The minimum Gasteiger partial charge on any atom is -0.330 e. The maximum absolute atomic E-state index is 12.3. The summed E-state index contributed by atoms with van der Waals surface area (Å²) < 4.78 is 1.32. The van der Waals surface area contributed by atoms with Gasteiger partial charge in [0.15, 0.2) is 0 Å². The smallest absolute Gasteiger partial charge is 0.297 e. The van der Waals surface area contributed by atoms with Gasteiger partial charge in [-0.15, -0.1) is 21.5 Å². The number of nitrogens with zero attached hydrogens (tertiary/aromatic N) is 4. The van der Waals surface area contributed by atoms with E-state index < -0.39 is 0 Å². The molecule has 0 bridgehead atoms. The van der Waals surface area contributed by atoms with Gasteiger partial charge in [-0.3, -0.25) is 4.79 Å². The van der Waals surface area contributed by atoms with Gasteiger partial charge in [0.2, 0.25) is 4.96 Å². The third kappa shape index (κ3) is 2.42. The van der Waals surface area contributed by atoms with Crippen LogP contribution >= 0.6 is 22.7 Å². The predicted octanol–water partition coefficient (Wildman–Crippen LogP) is 0.699. The highest BCUT2D eigenvalue weighted by atomic mass is 32.1. The molecule has 0 aliphatic heterocycles. The summed E-state index contributed by atoms with van der Waals surface area (Å²) in [5.41, 5.74) is 5.71. The Bertz CT molecular complexity index is 746. The number of hydrogen-bond donors (Lipinski definition) is 1. The van der Waals surface area contributed by atoms with Gasteiger partial charge < -0.3 is 5.73 Å². The van der Waals surface area contributed by atoms with Crippen molar-refractivity contribution in [2.45, 2.75) is 12.8 Å². The van der Waals surface area contributed by atoms with Crippen LogP contribution in [-0.2, 0) is 12.8 Å². The lowest BCUT2D eigenvalue weighted by Gasteiger charge is -1.96. The van der Waals surface area contributed by atoms with Gasteiger partial charge in [-0.25, -0.2) is 0 Å². The Labute approximate surface area is 116 Å². The van der Waals surface area contributed by atoms with Crippen molar-refractivity contribution in [3.8, 4) is 0 Å². The van der Waals surface area contributed by atoms with Crippen molar-refractivity contribution in [2.75, 3.05) is 6.54 Å². The van der Waals surface area contributed by atoms with Crippen molar-refractivity contribution in [3.63, 3.8) is 0 Å². The van der Waals surface area contributed by atoms with E-state index >= 15 is 0 Å². The minimum absolute atomic E-state index is 0.196. The summed E-state index contributed by atoms with van der Waals surface area (Å²) in [5.74, 6) is 0. The zero-order valence-electron chi connectivity index (χ0n) is 9.94. The maximum Gasteiger partial charge on any atom is 0.297 e. The summed E-state index contributed by atoms with van der Waals surface area (Å²) in [5, 5.41) is 15.1. The molecule has 3 rings (SSSR count). The molecule has 0 amide bonds. The van der Waals surface area contributed by atoms with Crippen molar-refractivity contribution < 1.29 is 0 Å². The van der Waals surface area contributed by atoms with Crippen molar-refractivity contribution in [2.24, 2.45) is 5.73 Å². The van der Waals surface area contributed by atoms with Crippen LogP contribution in [0, 0.1) is 0 Å². The molecule has 3 heterocycles. The quantitative estimate of drug-likeness (QED) is 0.765. The van der Waals surface area contributed by atoms with Crippen molar-refractivity contribution in [1.82, 2.24) is 19.8 Å². The first-order chi connectivity index (χ1) is 9.28. The average molecular weight is 293 g/mol. The molecular weight excluding hydrogens is 282 g/mol. The second kappa shape index (κ2) is 5.16. The maximum atomic E-state index is 12.3. The van der Waals surface area contributed by atoms with E-state index in [2.05, 4.69) is 15.3 Å². The second-order valence-electron chi connectivity index (χ2n) is 3.94. The van der Waals surface area contributed by atoms with Crippen LogP contribution in [0.5, 0.6) is 0 Å². The van der Waals surface area contributed by atoms with Gasteiger partial charge in [0, 0.05) is 17.7 Å². The third-order valence-corrected chi connectivity index (χ3v) is 4.41. The number of rotatable bonds is 4. The SMILES string of the molecule is NCCc1nn2c(=O)c(Cc3cccs3)nnc2s1. The number of aromatic nitrogens is 4. The number of fused-ring (bicyclic) bond motifs is 1. The monoisotopic (exact) mass is 293 g/mol. The minimum atomic E-state index is -0.196. The zero-order valence-corrected chi connectivity index (χ0v) is 11.6. The largest absolute Gasteiger partial charge is 0.330 e. The fraction of sp³-hybridized carbons (Fsp3) is 0.273. The molecule has 6 nitrogen and oxygen atoms in total. The molecule has 3 aromatic heterocycles. The van der Waals surface area contributed by atoms with Gasteiger partial charge in [-0.05, 0) is 18.0 Å². The Hall–Kier alpha value is -1.64. The van der Waals surface area contributed by atoms with Crippen LogP contribution in [0.3, 0.4) is 0 Å². The van der Waals surface area contributed by atoms with E-state index in [4.69, 9.17) is 5.73 Å². The van der Waals surface area contributed by atoms with Crippen molar-refractivity contribution >= 4 is 27.6 Å².